The zero-order valence-corrected chi connectivity index (χ0v) is 49.2. The molecule has 9 N–H and O–H groups in total. The highest BCUT2D eigenvalue weighted by Crippen LogP contribution is 2.47. The number of anilines is 1. The number of nitrogens with two attached hydrogens (primary N) is 3. The fraction of sp³-hybridized carbons (Fsp3) is 0.583. The van der Waals surface area contributed by atoms with Crippen LogP contribution in [0.3, 0.4) is 0 Å². The van der Waals surface area contributed by atoms with E-state index in [9.17, 15) is 45.9 Å². The monoisotopic (exact) mass is 1230 g/mol. The molecule has 0 radical (unpaired) electrons. The molecule has 6 saturated carbocycles. The molecule has 18 atom stereocenters. The van der Waals surface area contributed by atoms with Gasteiger partial charge in [0.25, 0.3) is 0 Å². The number of fused-ring (bicyclic) bond motifs is 12. The van der Waals surface area contributed by atoms with E-state index in [0.717, 1.165) is 60.7 Å². The van der Waals surface area contributed by atoms with E-state index >= 15 is 0 Å². The topological polar surface area (TPSA) is 260 Å². The molecule has 0 aliphatic heterocycles. The normalized spacial score (nSPS) is 33.9. The number of primary amides is 3. The van der Waals surface area contributed by atoms with E-state index in [1.54, 1.807) is 32.9 Å². The molecule has 0 saturated heterocycles. The molecule has 5 amide bonds. The second-order valence-corrected chi connectivity index (χ2v) is 25.8. The summed E-state index contributed by atoms with van der Waals surface area (Å²) in [4.78, 5) is 70.8. The van der Waals surface area contributed by atoms with E-state index in [2.05, 4.69) is 67.0 Å². The Kier molecular flexibility index (Phi) is 21.1. The Morgan fingerprint density at radius 2 is 0.845 bits per heavy atom. The first kappa shape index (κ1) is 64.1. The van der Waals surface area contributed by atoms with Crippen molar-refractivity contribution in [2.45, 2.75) is 128 Å². The molecule has 2 heterocycles. The third kappa shape index (κ3) is 16.7. The Balaban J connectivity index is 0.000000133. The minimum atomic E-state index is -4.94. The number of alkyl carbamates (subject to hydrolysis) is 1. The van der Waals surface area contributed by atoms with Gasteiger partial charge >= 0.3 is 18.2 Å². The lowest BCUT2D eigenvalue weighted by Crippen LogP contribution is -2.51. The number of rotatable bonds is 7. The summed E-state index contributed by atoms with van der Waals surface area (Å²) in [5.41, 5.74) is 15.5. The van der Waals surface area contributed by atoms with Gasteiger partial charge in [-0.05, 0) is 192 Å². The molecule has 456 valence electrons. The molecule has 2 aromatic rings. The Bertz CT molecular complexity index is 2820. The number of carbonyl (C=O) groups is 5. The lowest BCUT2D eigenvalue weighted by atomic mass is 9.88. The first-order chi connectivity index (χ1) is 39.7. The Labute approximate surface area is 500 Å². The van der Waals surface area contributed by atoms with E-state index in [1.807, 2.05) is 29.6 Å². The van der Waals surface area contributed by atoms with Gasteiger partial charge in [0.1, 0.15) is 5.60 Å². The van der Waals surface area contributed by atoms with E-state index < -0.39 is 53.3 Å². The predicted octanol–water partition coefficient (Wildman–Crippen LogP) is 10.7. The third-order valence-electron chi connectivity index (χ3n) is 17.8. The SMILES string of the molecule is C1=C[C@H]2CC[C@@H]1C2.C1=C[C@H]2CC[C@@H]1C2.C1=C[C@H]2CC[C@@H]1C2.CC(C)(C)OC(=O)N[C@H]1[C@@H](C(N)=O)[C@@H]2C=C[C@H]1C2.Fc1cnc(Cl)nc1Cl.NC(=O)[C@@H]1[C@H](NC(=O)C(F)(F)F)[C@H]2C=C[C@@H]1C2.NC(=O)[C@@H]1[C@H](Nc2nc(Cl)ncc2F)[C@H]2C=C[C@@H]1C2. The number of ether oxygens (including phenoxy) is 1. The van der Waals surface area contributed by atoms with Crippen LogP contribution in [0.4, 0.5) is 32.6 Å². The van der Waals surface area contributed by atoms with Crippen molar-refractivity contribution >= 4 is 70.3 Å². The van der Waals surface area contributed by atoms with Crippen molar-refractivity contribution < 1.29 is 50.7 Å². The predicted molar refractivity (Wildman–Crippen MR) is 308 cm³/mol. The number of nitrogens with zero attached hydrogens (tertiary/aromatic N) is 4. The lowest BCUT2D eigenvalue weighted by Gasteiger charge is -2.28. The molecular weight excluding hydrogens is 1160 g/mol. The number of carbonyl (C=O) groups excluding carboxylic acids is 5. The van der Waals surface area contributed by atoms with Gasteiger partial charge in [0.2, 0.25) is 28.3 Å². The molecule has 12 bridgehead atoms. The van der Waals surface area contributed by atoms with Gasteiger partial charge in [0, 0.05) is 12.1 Å². The van der Waals surface area contributed by atoms with Crippen molar-refractivity contribution in [3.05, 3.63) is 113 Å². The Morgan fingerprint density at radius 3 is 1.17 bits per heavy atom. The summed E-state index contributed by atoms with van der Waals surface area (Å²) < 4.78 is 67.4. The van der Waals surface area contributed by atoms with Crippen molar-refractivity contribution in [2.24, 2.45) is 106 Å². The van der Waals surface area contributed by atoms with Gasteiger partial charge in [0.05, 0.1) is 36.2 Å². The number of halogens is 8. The summed E-state index contributed by atoms with van der Waals surface area (Å²) in [5, 5.41) is 7.25. The first-order valence-electron chi connectivity index (χ1n) is 28.8. The van der Waals surface area contributed by atoms with Crippen molar-refractivity contribution in [2.75, 3.05) is 5.32 Å². The van der Waals surface area contributed by atoms with Gasteiger partial charge in [-0.1, -0.05) is 84.5 Å². The maximum atomic E-state index is 13.6. The molecule has 12 aliphatic carbocycles. The van der Waals surface area contributed by atoms with Gasteiger partial charge in [0.15, 0.2) is 22.6 Å². The van der Waals surface area contributed by atoms with Gasteiger partial charge < -0.3 is 37.9 Å². The van der Waals surface area contributed by atoms with Crippen LogP contribution in [0, 0.1) is 100 Å². The Hall–Kier alpha value is -5.93. The fourth-order valence-electron chi connectivity index (χ4n) is 14.0. The summed E-state index contributed by atoms with van der Waals surface area (Å²) in [5.74, 6) is 0.125. The van der Waals surface area contributed by atoms with Crippen LogP contribution < -0.4 is 33.2 Å². The summed E-state index contributed by atoms with van der Waals surface area (Å²) in [6.07, 6.45) is 38.0. The van der Waals surface area contributed by atoms with Crippen LogP contribution in [-0.2, 0) is 23.9 Å². The van der Waals surface area contributed by atoms with E-state index in [-0.39, 0.29) is 92.8 Å². The lowest BCUT2D eigenvalue weighted by molar-refractivity contribution is -0.175. The van der Waals surface area contributed by atoms with Crippen LogP contribution in [0.2, 0.25) is 15.7 Å². The first-order valence-corrected chi connectivity index (χ1v) is 30.0. The summed E-state index contributed by atoms with van der Waals surface area (Å²) in [6, 6.07) is -1.31. The quantitative estimate of drug-likeness (QED) is 0.0657. The molecule has 24 heteroatoms. The average Bonchev–Trinajstić information content (AvgIpc) is 3.89. The van der Waals surface area contributed by atoms with Gasteiger partial charge in [-0.3, -0.25) is 19.2 Å². The van der Waals surface area contributed by atoms with Crippen molar-refractivity contribution in [3.8, 4) is 0 Å². The summed E-state index contributed by atoms with van der Waals surface area (Å²) >= 11 is 16.1. The number of aromatic nitrogens is 4. The van der Waals surface area contributed by atoms with Crippen molar-refractivity contribution in [1.29, 1.82) is 0 Å². The third-order valence-corrected chi connectivity index (χ3v) is 18.4. The number of nitrogens with one attached hydrogen (secondary N) is 3. The van der Waals surface area contributed by atoms with Gasteiger partial charge in [-0.25, -0.2) is 28.5 Å². The summed E-state index contributed by atoms with van der Waals surface area (Å²) in [7, 11) is 0. The van der Waals surface area contributed by atoms with Crippen LogP contribution in [0.15, 0.2) is 85.3 Å². The molecular formula is C60H74Cl3F5N10O6. The number of hydrogen-bond donors (Lipinski definition) is 6. The maximum Gasteiger partial charge on any atom is 0.471 e. The fourth-order valence-corrected chi connectivity index (χ4v) is 14.4. The van der Waals surface area contributed by atoms with E-state index in [1.165, 1.54) is 57.8 Å². The molecule has 12 aliphatic rings. The molecule has 0 unspecified atom stereocenters. The zero-order chi connectivity index (χ0) is 60.8. The molecule has 16 nitrogen and oxygen atoms in total. The van der Waals surface area contributed by atoms with E-state index in [4.69, 9.17) is 56.7 Å². The molecule has 84 heavy (non-hydrogen) atoms. The molecule has 14 rings (SSSR count). The smallest absolute Gasteiger partial charge is 0.444 e. The van der Waals surface area contributed by atoms with Crippen molar-refractivity contribution in [3.63, 3.8) is 0 Å². The number of allylic oxidation sites excluding steroid dienone is 9. The second-order valence-electron chi connectivity index (χ2n) is 24.7. The molecule has 0 aromatic carbocycles. The second kappa shape index (κ2) is 27.6. The number of alkyl halides is 3. The van der Waals surface area contributed by atoms with Crippen LogP contribution in [-0.4, -0.2) is 79.6 Å². The largest absolute Gasteiger partial charge is 0.471 e. The summed E-state index contributed by atoms with van der Waals surface area (Å²) in [6.45, 7) is 5.41. The Morgan fingerprint density at radius 1 is 0.500 bits per heavy atom. The van der Waals surface area contributed by atoms with Crippen LogP contribution in [0.1, 0.15) is 97.8 Å². The number of hydrogen-bond acceptors (Lipinski definition) is 11. The van der Waals surface area contributed by atoms with Gasteiger partial charge in [-0.2, -0.15) is 18.2 Å². The highest BCUT2D eigenvalue weighted by Gasteiger charge is 2.52. The molecule has 2 aromatic heterocycles. The van der Waals surface area contributed by atoms with Crippen LogP contribution >= 0.6 is 34.8 Å². The maximum absolute atomic E-state index is 13.6. The number of amides is 5. The van der Waals surface area contributed by atoms with Gasteiger partial charge in [-0.15, -0.1) is 0 Å². The zero-order valence-electron chi connectivity index (χ0n) is 47.0. The van der Waals surface area contributed by atoms with Crippen molar-refractivity contribution in [1.82, 2.24) is 30.6 Å². The minimum absolute atomic E-state index is 0.0113. The minimum Gasteiger partial charge on any atom is -0.444 e. The highest BCUT2D eigenvalue weighted by atomic mass is 35.5. The molecule has 6 fully saturated rings. The molecule has 0 spiro atoms. The van der Waals surface area contributed by atoms with Crippen LogP contribution in [0.25, 0.3) is 0 Å². The van der Waals surface area contributed by atoms with E-state index in [0.29, 0.717) is 6.42 Å². The standard InChI is InChI=1S/C13H20N2O3.C12H12ClFN4O.C10H11F3N2O2.3C7H10.C4HCl2FN2/c1-13(2,3)18-12(17)15-10-8-5-4-7(6-8)9(10)11(14)16;13-12-16-4-7(14)11(18-12)17-9-6-2-1-5(3-6)8(9)10(15)19;11-10(12,13)9(17)15-7-5-2-1-4(3-5)6(7)8(14)16;3*1-2-7-4-3-6(1)5-7;5-3-2(7)1-8-4(6)9-3/h4-5,7-10H,6H2,1-3H3,(H2,14,16)(H,15,17);1-2,4-6,8-9H,3H2,(H2,15,19)(H,16,17,18);1-2,4-7H,3H2,(H2,14,16)(H,15,17);3*1-2,6-7H,3-5H2;1H/t7-,8+,9+,10-;5-,6+,8+,9-;4-,5+,6+,7-;3*6-,7+;/m111..../s1. The highest BCUT2D eigenvalue weighted by molar-refractivity contribution is 6.31. The average molecular weight is 1230 g/mol. The van der Waals surface area contributed by atoms with Crippen LogP contribution in [0.5, 0.6) is 0 Å².